The van der Waals surface area contributed by atoms with Crippen LogP contribution in [0.2, 0.25) is 0 Å². The Morgan fingerprint density at radius 3 is 2.84 bits per heavy atom. The quantitative estimate of drug-likeness (QED) is 0.903. The molecule has 2 rings (SSSR count). The predicted octanol–water partition coefficient (Wildman–Crippen LogP) is 2.20. The highest BCUT2D eigenvalue weighted by Crippen LogP contribution is 2.28. The zero-order valence-electron chi connectivity index (χ0n) is 10.9. The number of anilines is 3. The molecule has 0 aliphatic carbocycles. The van der Waals surface area contributed by atoms with Gasteiger partial charge in [-0.15, -0.1) is 11.3 Å². The lowest BCUT2D eigenvalue weighted by Gasteiger charge is -2.10. The summed E-state index contributed by atoms with van der Waals surface area (Å²) in [5.74, 6) is -0.00817. The minimum Gasteiger partial charge on any atom is -0.382 e. The molecule has 1 amide bonds. The number of nitrogens with one attached hydrogen (secondary N) is 1. The lowest BCUT2D eigenvalue weighted by atomic mass is 10.5. The average Bonchev–Trinajstić information content (AvgIpc) is 2.94. The lowest BCUT2D eigenvalue weighted by Crippen LogP contribution is -2.15. The summed E-state index contributed by atoms with van der Waals surface area (Å²) in [5.41, 5.74) is 6.67. The van der Waals surface area contributed by atoms with Crippen molar-refractivity contribution in [1.82, 2.24) is 9.97 Å². The zero-order chi connectivity index (χ0) is 14.0. The highest BCUT2D eigenvalue weighted by atomic mass is 32.1. The molecule has 0 unspecified atom stereocenters. The number of nitrogen functional groups attached to an aromatic ring is 1. The van der Waals surface area contributed by atoms with E-state index in [1.165, 1.54) is 22.7 Å². The Hall–Kier alpha value is -1.67. The van der Waals surface area contributed by atoms with Gasteiger partial charge in [-0.3, -0.25) is 10.1 Å². The van der Waals surface area contributed by atoms with Crippen molar-refractivity contribution >= 4 is 44.7 Å². The number of amides is 1. The maximum Gasteiger partial charge on any atom is 0.271 e. The average molecular weight is 297 g/mol. The summed E-state index contributed by atoms with van der Waals surface area (Å²) in [6, 6.07) is 0. The van der Waals surface area contributed by atoms with Crippen LogP contribution >= 0.6 is 22.7 Å². The molecule has 0 aromatic carbocycles. The van der Waals surface area contributed by atoms with Gasteiger partial charge in [0.15, 0.2) is 10.3 Å². The number of nitrogens with zero attached hydrogens (tertiary/aromatic N) is 3. The molecule has 19 heavy (non-hydrogen) atoms. The van der Waals surface area contributed by atoms with Crippen LogP contribution in [0.5, 0.6) is 0 Å². The van der Waals surface area contributed by atoms with Gasteiger partial charge in [0.1, 0.15) is 10.7 Å². The van der Waals surface area contributed by atoms with Crippen molar-refractivity contribution in [3.63, 3.8) is 0 Å². The third kappa shape index (κ3) is 3.02. The highest BCUT2D eigenvalue weighted by Gasteiger charge is 2.18. The van der Waals surface area contributed by atoms with Crippen LogP contribution in [0.15, 0.2) is 5.38 Å². The molecule has 0 radical (unpaired) electrons. The second-order valence-corrected chi connectivity index (χ2v) is 5.81. The third-order valence-corrected chi connectivity index (χ3v) is 4.55. The number of hydrogen-bond donors (Lipinski definition) is 2. The van der Waals surface area contributed by atoms with Gasteiger partial charge in [-0.25, -0.2) is 9.97 Å². The fourth-order valence-electron chi connectivity index (χ4n) is 1.35. The van der Waals surface area contributed by atoms with E-state index in [9.17, 15) is 4.79 Å². The molecule has 0 spiro atoms. The van der Waals surface area contributed by atoms with Crippen LogP contribution in [0.1, 0.15) is 22.3 Å². The Bertz CT molecular complexity index is 592. The highest BCUT2D eigenvalue weighted by molar-refractivity contribution is 7.18. The van der Waals surface area contributed by atoms with Gasteiger partial charge in [-0.05, 0) is 13.8 Å². The first-order valence-corrected chi connectivity index (χ1v) is 7.41. The predicted molar refractivity (Wildman–Crippen MR) is 80.3 cm³/mol. The second kappa shape index (κ2) is 5.54. The smallest absolute Gasteiger partial charge is 0.271 e. The van der Waals surface area contributed by atoms with E-state index in [1.807, 2.05) is 31.2 Å². The Balaban J connectivity index is 2.17. The fourth-order valence-corrected chi connectivity index (χ4v) is 2.94. The van der Waals surface area contributed by atoms with Crippen molar-refractivity contribution in [3.05, 3.63) is 16.0 Å². The largest absolute Gasteiger partial charge is 0.382 e. The molecule has 6 nitrogen and oxygen atoms in total. The standard InChI is InChI=1S/C11H15N5OS2/c1-4-16(3)11-14-8(12)7(19-11)9(17)15-10-13-6(2)5-18-10/h5H,4,12H2,1-3H3,(H,13,15,17). The first kappa shape index (κ1) is 13.8. The topological polar surface area (TPSA) is 84.1 Å². The summed E-state index contributed by atoms with van der Waals surface area (Å²) in [6.07, 6.45) is 0. The van der Waals surface area contributed by atoms with Gasteiger partial charge in [0.05, 0.1) is 5.69 Å². The van der Waals surface area contributed by atoms with Crippen LogP contribution in [0.25, 0.3) is 0 Å². The summed E-state index contributed by atoms with van der Waals surface area (Å²) in [7, 11) is 1.91. The molecule has 102 valence electrons. The maximum atomic E-state index is 12.1. The summed E-state index contributed by atoms with van der Waals surface area (Å²) >= 11 is 2.67. The van der Waals surface area contributed by atoms with Gasteiger partial charge in [-0.1, -0.05) is 11.3 Å². The maximum absolute atomic E-state index is 12.1. The number of thiazole rings is 2. The number of aryl methyl sites for hydroxylation is 1. The van der Waals surface area contributed by atoms with E-state index in [-0.39, 0.29) is 11.7 Å². The van der Waals surface area contributed by atoms with Gasteiger partial charge in [0.2, 0.25) is 0 Å². The number of hydrogen-bond acceptors (Lipinski definition) is 7. The molecule has 2 aromatic heterocycles. The first-order valence-electron chi connectivity index (χ1n) is 5.72. The summed E-state index contributed by atoms with van der Waals surface area (Å²) in [6.45, 7) is 4.69. The van der Waals surface area contributed by atoms with Crippen LogP contribution in [-0.2, 0) is 0 Å². The SMILES string of the molecule is CCN(C)c1nc(N)c(C(=O)Nc2nc(C)cs2)s1. The van der Waals surface area contributed by atoms with Crippen LogP contribution in [0, 0.1) is 6.92 Å². The van der Waals surface area contributed by atoms with E-state index >= 15 is 0 Å². The Morgan fingerprint density at radius 1 is 1.53 bits per heavy atom. The molecule has 2 aromatic rings. The minimum atomic E-state index is -0.264. The van der Waals surface area contributed by atoms with E-state index in [0.29, 0.717) is 10.0 Å². The third-order valence-electron chi connectivity index (χ3n) is 2.49. The fraction of sp³-hybridized carbons (Fsp3) is 0.364. The van der Waals surface area contributed by atoms with Gasteiger partial charge in [-0.2, -0.15) is 0 Å². The minimum absolute atomic E-state index is 0.256. The molecule has 0 saturated carbocycles. The van der Waals surface area contributed by atoms with Crippen molar-refractivity contribution in [1.29, 1.82) is 0 Å². The molecule has 0 saturated heterocycles. The Labute approximate surface area is 119 Å². The van der Waals surface area contributed by atoms with E-state index in [0.717, 1.165) is 17.4 Å². The van der Waals surface area contributed by atoms with Crippen molar-refractivity contribution < 1.29 is 4.79 Å². The molecule has 3 N–H and O–H groups in total. The molecular formula is C11H15N5OS2. The summed E-state index contributed by atoms with van der Waals surface area (Å²) in [5, 5.41) is 5.91. The summed E-state index contributed by atoms with van der Waals surface area (Å²) in [4.78, 5) is 22.8. The van der Waals surface area contributed by atoms with E-state index in [2.05, 4.69) is 15.3 Å². The number of aromatic nitrogens is 2. The Morgan fingerprint density at radius 2 is 2.26 bits per heavy atom. The molecule has 0 aliphatic rings. The lowest BCUT2D eigenvalue weighted by molar-refractivity contribution is 0.103. The van der Waals surface area contributed by atoms with Crippen molar-refractivity contribution in [2.24, 2.45) is 0 Å². The van der Waals surface area contributed by atoms with Gasteiger partial charge in [0, 0.05) is 19.0 Å². The van der Waals surface area contributed by atoms with Gasteiger partial charge in [0.25, 0.3) is 5.91 Å². The van der Waals surface area contributed by atoms with E-state index < -0.39 is 0 Å². The van der Waals surface area contributed by atoms with Crippen LogP contribution in [0.4, 0.5) is 16.1 Å². The first-order chi connectivity index (χ1) is 9.01. The molecule has 0 aliphatic heterocycles. The molecule has 2 heterocycles. The van der Waals surface area contributed by atoms with Crippen LogP contribution < -0.4 is 16.0 Å². The second-order valence-electron chi connectivity index (χ2n) is 3.97. The molecule has 0 fully saturated rings. The molecular weight excluding hydrogens is 282 g/mol. The monoisotopic (exact) mass is 297 g/mol. The van der Waals surface area contributed by atoms with Crippen LogP contribution in [0.3, 0.4) is 0 Å². The van der Waals surface area contributed by atoms with Crippen molar-refractivity contribution in [2.45, 2.75) is 13.8 Å². The zero-order valence-corrected chi connectivity index (χ0v) is 12.6. The molecule has 8 heteroatoms. The normalized spacial score (nSPS) is 10.5. The van der Waals surface area contributed by atoms with Crippen LogP contribution in [-0.4, -0.2) is 29.5 Å². The van der Waals surface area contributed by atoms with E-state index in [1.54, 1.807) is 0 Å². The van der Waals surface area contributed by atoms with E-state index in [4.69, 9.17) is 5.73 Å². The van der Waals surface area contributed by atoms with Crippen molar-refractivity contribution in [2.75, 3.05) is 29.5 Å². The summed E-state index contributed by atoms with van der Waals surface area (Å²) < 4.78 is 0. The molecule has 0 bridgehead atoms. The van der Waals surface area contributed by atoms with Gasteiger partial charge < -0.3 is 10.6 Å². The van der Waals surface area contributed by atoms with Crippen molar-refractivity contribution in [3.8, 4) is 0 Å². The Kier molecular flexibility index (Phi) is 4.01. The number of carbonyl (C=O) groups excluding carboxylic acids is 1. The van der Waals surface area contributed by atoms with Gasteiger partial charge >= 0.3 is 0 Å². The number of rotatable bonds is 4. The number of carbonyl (C=O) groups is 1. The molecule has 0 atom stereocenters. The number of nitrogens with two attached hydrogens (primary N) is 1.